The molecular weight excluding hydrogens is 288 g/mol. The lowest BCUT2D eigenvalue weighted by molar-refractivity contribution is -0.0204. The van der Waals surface area contributed by atoms with E-state index in [4.69, 9.17) is 0 Å². The number of nitrogens with one attached hydrogen (secondary N) is 1. The van der Waals surface area contributed by atoms with E-state index >= 15 is 0 Å². The lowest BCUT2D eigenvalue weighted by Gasteiger charge is -2.57. The van der Waals surface area contributed by atoms with Crippen LogP contribution < -0.4 is 5.32 Å². The molecule has 2 aromatic heterocycles. The molecular formula is C19H24N2S. The number of nitrogens with zero attached hydrogens (tertiary/aromatic N) is 1. The van der Waals surface area contributed by atoms with Gasteiger partial charge < -0.3 is 9.88 Å². The number of hydrogen-bond acceptors (Lipinski definition) is 2. The molecule has 0 saturated heterocycles. The topological polar surface area (TPSA) is 17.0 Å². The van der Waals surface area contributed by atoms with Gasteiger partial charge in [0, 0.05) is 29.4 Å². The number of thiophene rings is 1. The summed E-state index contributed by atoms with van der Waals surface area (Å²) in [6.45, 7) is 1.05. The molecule has 22 heavy (non-hydrogen) atoms. The van der Waals surface area contributed by atoms with Gasteiger partial charge in [0.15, 0.2) is 0 Å². The van der Waals surface area contributed by atoms with Crippen LogP contribution in [0.1, 0.15) is 43.4 Å². The highest BCUT2D eigenvalue weighted by molar-refractivity contribution is 7.14. The minimum atomic E-state index is 0.479. The summed E-state index contributed by atoms with van der Waals surface area (Å²) in [5.74, 6) is 3.08. The molecule has 0 aromatic carbocycles. The van der Waals surface area contributed by atoms with Crippen molar-refractivity contribution in [2.45, 2.75) is 50.6 Å². The van der Waals surface area contributed by atoms with Crippen LogP contribution in [-0.2, 0) is 6.54 Å². The van der Waals surface area contributed by atoms with E-state index in [0.717, 1.165) is 24.3 Å². The van der Waals surface area contributed by atoms with Gasteiger partial charge in [0.05, 0.1) is 5.00 Å². The molecule has 2 nitrogen and oxygen atoms in total. The molecule has 4 saturated carbocycles. The molecule has 6 rings (SSSR count). The summed E-state index contributed by atoms with van der Waals surface area (Å²) in [5, 5.41) is 5.33. The van der Waals surface area contributed by atoms with Gasteiger partial charge in [-0.15, -0.1) is 11.3 Å². The van der Waals surface area contributed by atoms with Gasteiger partial charge in [0.1, 0.15) is 0 Å². The predicted octanol–water partition coefficient (Wildman–Crippen LogP) is 4.60. The van der Waals surface area contributed by atoms with Gasteiger partial charge in [0.2, 0.25) is 0 Å². The molecule has 4 aliphatic carbocycles. The van der Waals surface area contributed by atoms with E-state index in [1.807, 2.05) is 11.3 Å². The predicted molar refractivity (Wildman–Crippen MR) is 91.4 cm³/mol. The Labute approximate surface area is 136 Å². The maximum atomic E-state index is 4.00. The molecule has 0 unspecified atom stereocenters. The first-order valence-electron chi connectivity index (χ1n) is 8.75. The highest BCUT2D eigenvalue weighted by Crippen LogP contribution is 2.55. The molecule has 4 fully saturated rings. The SMILES string of the molecule is c1ccn(-c2ccc(CNC34CC5CC(CC(C5)C3)C4)s2)c1. The fourth-order valence-corrected chi connectivity index (χ4v) is 6.60. The van der Waals surface area contributed by atoms with Crippen molar-refractivity contribution < 1.29 is 0 Å². The zero-order chi connectivity index (χ0) is 14.6. The van der Waals surface area contributed by atoms with Crippen molar-refractivity contribution in [2.75, 3.05) is 0 Å². The lowest BCUT2D eigenvalue weighted by Crippen LogP contribution is -2.58. The average Bonchev–Trinajstić information content (AvgIpc) is 3.15. The molecule has 3 heteroatoms. The Morgan fingerprint density at radius 2 is 1.64 bits per heavy atom. The molecule has 0 atom stereocenters. The summed E-state index contributed by atoms with van der Waals surface area (Å²) < 4.78 is 2.21. The van der Waals surface area contributed by atoms with Gasteiger partial charge >= 0.3 is 0 Å². The maximum absolute atomic E-state index is 4.00. The van der Waals surface area contributed by atoms with Crippen molar-refractivity contribution in [2.24, 2.45) is 17.8 Å². The van der Waals surface area contributed by atoms with Crippen molar-refractivity contribution >= 4 is 11.3 Å². The largest absolute Gasteiger partial charge is 0.316 e. The maximum Gasteiger partial charge on any atom is 0.0992 e. The number of rotatable bonds is 4. The quantitative estimate of drug-likeness (QED) is 0.873. The first-order chi connectivity index (χ1) is 10.8. The first-order valence-corrected chi connectivity index (χ1v) is 9.57. The van der Waals surface area contributed by atoms with Crippen LogP contribution in [0.15, 0.2) is 36.7 Å². The summed E-state index contributed by atoms with van der Waals surface area (Å²) in [5.41, 5.74) is 0.479. The van der Waals surface area contributed by atoms with Crippen LogP contribution in [0, 0.1) is 17.8 Å². The fraction of sp³-hybridized carbons (Fsp3) is 0.579. The van der Waals surface area contributed by atoms with E-state index in [-0.39, 0.29) is 0 Å². The van der Waals surface area contributed by atoms with Gasteiger partial charge in [-0.05, 0) is 80.5 Å². The molecule has 2 aromatic rings. The third-order valence-electron chi connectivity index (χ3n) is 6.18. The summed E-state index contributed by atoms with van der Waals surface area (Å²) in [6.07, 6.45) is 13.1. The van der Waals surface area contributed by atoms with Crippen molar-refractivity contribution in [3.63, 3.8) is 0 Å². The normalized spacial score (nSPS) is 36.1. The number of aromatic nitrogens is 1. The van der Waals surface area contributed by atoms with E-state index in [0.29, 0.717) is 5.54 Å². The van der Waals surface area contributed by atoms with Gasteiger partial charge in [0.25, 0.3) is 0 Å². The lowest BCUT2D eigenvalue weighted by atomic mass is 9.53. The second-order valence-electron chi connectivity index (χ2n) is 7.88. The molecule has 4 aliphatic rings. The third kappa shape index (κ3) is 2.26. The summed E-state index contributed by atoms with van der Waals surface area (Å²) in [7, 11) is 0. The van der Waals surface area contributed by atoms with Gasteiger partial charge in [-0.2, -0.15) is 0 Å². The molecule has 2 heterocycles. The molecule has 0 spiro atoms. The Balaban J connectivity index is 1.29. The van der Waals surface area contributed by atoms with Gasteiger partial charge in [-0.25, -0.2) is 0 Å². The minimum absolute atomic E-state index is 0.479. The van der Waals surface area contributed by atoms with E-state index in [1.54, 1.807) is 0 Å². The van der Waals surface area contributed by atoms with Crippen LogP contribution in [0.25, 0.3) is 5.00 Å². The van der Waals surface area contributed by atoms with Crippen molar-refractivity contribution in [1.82, 2.24) is 9.88 Å². The minimum Gasteiger partial charge on any atom is -0.316 e. The Kier molecular flexibility index (Phi) is 3.02. The first kappa shape index (κ1) is 13.4. The molecule has 1 N–H and O–H groups in total. The summed E-state index contributed by atoms with van der Waals surface area (Å²) in [4.78, 5) is 1.47. The highest BCUT2D eigenvalue weighted by atomic mass is 32.1. The van der Waals surface area contributed by atoms with Crippen molar-refractivity contribution in [1.29, 1.82) is 0 Å². The van der Waals surface area contributed by atoms with Gasteiger partial charge in [-0.3, -0.25) is 0 Å². The molecule has 0 aliphatic heterocycles. The van der Waals surface area contributed by atoms with Crippen molar-refractivity contribution in [3.05, 3.63) is 41.5 Å². The standard InChI is InChI=1S/C19H24N2S/c1-2-6-21(5-1)18-4-3-17(22-18)13-20-19-10-14-7-15(11-19)9-16(8-14)12-19/h1-6,14-16,20H,7-13H2. The Hall–Kier alpha value is -1.06. The second kappa shape index (κ2) is 4.97. The highest BCUT2D eigenvalue weighted by Gasteiger charge is 2.50. The molecule has 4 bridgehead atoms. The monoisotopic (exact) mass is 312 g/mol. The van der Waals surface area contributed by atoms with Crippen LogP contribution in [0.5, 0.6) is 0 Å². The zero-order valence-corrected chi connectivity index (χ0v) is 13.8. The van der Waals surface area contributed by atoms with Crippen LogP contribution in [0.2, 0.25) is 0 Å². The molecule has 0 radical (unpaired) electrons. The van der Waals surface area contributed by atoms with Crippen molar-refractivity contribution in [3.8, 4) is 5.00 Å². The number of hydrogen-bond donors (Lipinski definition) is 1. The molecule has 0 amide bonds. The summed E-state index contributed by atoms with van der Waals surface area (Å²) in [6, 6.07) is 8.73. The van der Waals surface area contributed by atoms with Crippen LogP contribution in [0.3, 0.4) is 0 Å². The zero-order valence-electron chi connectivity index (χ0n) is 13.0. The smallest absolute Gasteiger partial charge is 0.0992 e. The van der Waals surface area contributed by atoms with Crippen LogP contribution >= 0.6 is 11.3 Å². The van der Waals surface area contributed by atoms with Crippen LogP contribution in [-0.4, -0.2) is 10.1 Å². The molecule has 116 valence electrons. The van der Waals surface area contributed by atoms with Gasteiger partial charge in [-0.1, -0.05) is 0 Å². The van der Waals surface area contributed by atoms with E-state index in [9.17, 15) is 0 Å². The summed E-state index contributed by atoms with van der Waals surface area (Å²) >= 11 is 1.92. The third-order valence-corrected chi connectivity index (χ3v) is 7.28. The van der Waals surface area contributed by atoms with E-state index in [1.165, 1.54) is 48.4 Å². The Morgan fingerprint density at radius 1 is 1.00 bits per heavy atom. The van der Waals surface area contributed by atoms with E-state index in [2.05, 4.69) is 46.5 Å². The second-order valence-corrected chi connectivity index (χ2v) is 9.03. The Morgan fingerprint density at radius 3 is 2.27 bits per heavy atom. The van der Waals surface area contributed by atoms with E-state index < -0.39 is 0 Å². The average molecular weight is 312 g/mol. The van der Waals surface area contributed by atoms with Crippen LogP contribution in [0.4, 0.5) is 0 Å². The fourth-order valence-electron chi connectivity index (χ4n) is 5.68. The Bertz CT molecular complexity index is 620.